The van der Waals surface area contributed by atoms with Crippen molar-refractivity contribution in [2.45, 2.75) is 37.8 Å². The molecule has 2 aliphatic heterocycles. The van der Waals surface area contributed by atoms with E-state index in [0.717, 1.165) is 39.5 Å². The minimum Gasteiger partial charge on any atom is -0.381 e. The molecule has 0 bridgehead atoms. The first-order valence-electron chi connectivity index (χ1n) is 6.96. The van der Waals surface area contributed by atoms with Gasteiger partial charge in [-0.15, -0.1) is 0 Å². The lowest BCUT2D eigenvalue weighted by atomic mass is 10.1. The molecule has 2 heterocycles. The summed E-state index contributed by atoms with van der Waals surface area (Å²) >= 11 is 0. The van der Waals surface area contributed by atoms with Crippen LogP contribution in [0.15, 0.2) is 0 Å². The second-order valence-electron chi connectivity index (χ2n) is 5.14. The van der Waals surface area contributed by atoms with Gasteiger partial charge in [-0.05, 0) is 45.8 Å². The SMILES string of the molecule is CN(CCOC1CCNCC1)C1CCOCC1. The predicted octanol–water partition coefficient (Wildman–Crippen LogP) is 0.866. The van der Waals surface area contributed by atoms with Gasteiger partial charge in [0, 0.05) is 25.8 Å². The molecule has 0 atom stereocenters. The summed E-state index contributed by atoms with van der Waals surface area (Å²) in [7, 11) is 2.21. The maximum Gasteiger partial charge on any atom is 0.0600 e. The van der Waals surface area contributed by atoms with E-state index in [2.05, 4.69) is 17.3 Å². The first-order chi connectivity index (χ1) is 8.36. The molecule has 0 aromatic heterocycles. The van der Waals surface area contributed by atoms with Crippen LogP contribution in [0.4, 0.5) is 0 Å². The Bertz CT molecular complexity index is 202. The molecule has 0 radical (unpaired) electrons. The van der Waals surface area contributed by atoms with Crippen LogP contribution in [-0.2, 0) is 9.47 Å². The number of rotatable bonds is 5. The van der Waals surface area contributed by atoms with Crippen molar-refractivity contribution in [2.24, 2.45) is 0 Å². The summed E-state index contributed by atoms with van der Waals surface area (Å²) in [6, 6.07) is 0.695. The third-order valence-corrected chi connectivity index (χ3v) is 3.90. The van der Waals surface area contributed by atoms with Crippen LogP contribution in [0.1, 0.15) is 25.7 Å². The van der Waals surface area contributed by atoms with Gasteiger partial charge in [0.15, 0.2) is 0 Å². The van der Waals surface area contributed by atoms with E-state index in [1.165, 1.54) is 25.7 Å². The molecule has 2 saturated heterocycles. The van der Waals surface area contributed by atoms with Crippen molar-refractivity contribution in [3.8, 4) is 0 Å². The molecular formula is C13H26N2O2. The maximum atomic E-state index is 5.93. The van der Waals surface area contributed by atoms with Crippen LogP contribution in [0.3, 0.4) is 0 Å². The molecule has 0 aromatic rings. The van der Waals surface area contributed by atoms with Crippen molar-refractivity contribution >= 4 is 0 Å². The molecule has 0 aromatic carbocycles. The highest BCUT2D eigenvalue weighted by molar-refractivity contribution is 4.72. The fourth-order valence-electron chi connectivity index (χ4n) is 2.63. The normalized spacial score (nSPS) is 24.4. The van der Waals surface area contributed by atoms with Crippen molar-refractivity contribution in [3.05, 3.63) is 0 Å². The predicted molar refractivity (Wildman–Crippen MR) is 68.3 cm³/mol. The highest BCUT2D eigenvalue weighted by Crippen LogP contribution is 2.13. The monoisotopic (exact) mass is 242 g/mol. The first kappa shape index (κ1) is 13.3. The van der Waals surface area contributed by atoms with Gasteiger partial charge in [-0.1, -0.05) is 0 Å². The average Bonchev–Trinajstić information content (AvgIpc) is 2.41. The highest BCUT2D eigenvalue weighted by Gasteiger charge is 2.19. The zero-order valence-electron chi connectivity index (χ0n) is 11.0. The van der Waals surface area contributed by atoms with Crippen molar-refractivity contribution in [1.82, 2.24) is 10.2 Å². The molecular weight excluding hydrogens is 216 g/mol. The highest BCUT2D eigenvalue weighted by atomic mass is 16.5. The van der Waals surface area contributed by atoms with Gasteiger partial charge in [0.2, 0.25) is 0 Å². The van der Waals surface area contributed by atoms with E-state index in [9.17, 15) is 0 Å². The van der Waals surface area contributed by atoms with E-state index in [1.54, 1.807) is 0 Å². The number of nitrogens with one attached hydrogen (secondary N) is 1. The lowest BCUT2D eigenvalue weighted by Crippen LogP contribution is -2.39. The molecule has 2 fully saturated rings. The fraction of sp³-hybridized carbons (Fsp3) is 1.00. The zero-order chi connectivity index (χ0) is 11.9. The van der Waals surface area contributed by atoms with Gasteiger partial charge in [-0.3, -0.25) is 0 Å². The van der Waals surface area contributed by atoms with E-state index in [-0.39, 0.29) is 0 Å². The maximum absolute atomic E-state index is 5.93. The Morgan fingerprint density at radius 2 is 1.88 bits per heavy atom. The number of hydrogen-bond acceptors (Lipinski definition) is 4. The molecule has 0 amide bonds. The summed E-state index contributed by atoms with van der Waals surface area (Å²) in [5.74, 6) is 0. The molecule has 2 aliphatic rings. The summed E-state index contributed by atoms with van der Waals surface area (Å²) < 4.78 is 11.3. The van der Waals surface area contributed by atoms with Gasteiger partial charge in [0.25, 0.3) is 0 Å². The standard InChI is InChI=1S/C13H26N2O2/c1-15(12-4-9-16-10-5-12)8-11-17-13-2-6-14-7-3-13/h12-14H,2-11H2,1H3. The van der Waals surface area contributed by atoms with Crippen molar-refractivity contribution in [2.75, 3.05) is 46.5 Å². The molecule has 0 spiro atoms. The van der Waals surface area contributed by atoms with Crippen molar-refractivity contribution in [1.29, 1.82) is 0 Å². The molecule has 0 aliphatic carbocycles. The lowest BCUT2D eigenvalue weighted by Gasteiger charge is -2.31. The number of hydrogen-bond donors (Lipinski definition) is 1. The number of piperidine rings is 1. The number of nitrogens with zero attached hydrogens (tertiary/aromatic N) is 1. The van der Waals surface area contributed by atoms with Crippen LogP contribution in [0.2, 0.25) is 0 Å². The van der Waals surface area contributed by atoms with Crippen molar-refractivity contribution < 1.29 is 9.47 Å². The van der Waals surface area contributed by atoms with E-state index in [4.69, 9.17) is 9.47 Å². The molecule has 0 saturated carbocycles. The molecule has 4 heteroatoms. The van der Waals surface area contributed by atoms with Crippen molar-refractivity contribution in [3.63, 3.8) is 0 Å². The Hall–Kier alpha value is -0.160. The molecule has 17 heavy (non-hydrogen) atoms. The third kappa shape index (κ3) is 4.54. The van der Waals surface area contributed by atoms with Crippen LogP contribution in [0, 0.1) is 0 Å². The number of likely N-dealkylation sites (N-methyl/N-ethyl adjacent to an activating group) is 1. The van der Waals surface area contributed by atoms with Crippen LogP contribution in [-0.4, -0.2) is 63.5 Å². The fourth-order valence-corrected chi connectivity index (χ4v) is 2.63. The molecule has 1 N–H and O–H groups in total. The largest absolute Gasteiger partial charge is 0.381 e. The first-order valence-corrected chi connectivity index (χ1v) is 6.96. The van der Waals surface area contributed by atoms with E-state index >= 15 is 0 Å². The summed E-state index contributed by atoms with van der Waals surface area (Å²) in [4.78, 5) is 2.43. The van der Waals surface area contributed by atoms with E-state index < -0.39 is 0 Å². The Kier molecular flexibility index (Phi) is 5.71. The quantitative estimate of drug-likeness (QED) is 0.775. The molecule has 4 nitrogen and oxygen atoms in total. The smallest absolute Gasteiger partial charge is 0.0600 e. The second kappa shape index (κ2) is 7.31. The van der Waals surface area contributed by atoms with Gasteiger partial charge in [-0.2, -0.15) is 0 Å². The summed E-state index contributed by atoms with van der Waals surface area (Å²) in [5, 5.41) is 3.36. The zero-order valence-corrected chi connectivity index (χ0v) is 11.0. The van der Waals surface area contributed by atoms with Crippen LogP contribution < -0.4 is 5.32 Å². The van der Waals surface area contributed by atoms with E-state index in [0.29, 0.717) is 12.1 Å². The molecule has 0 unspecified atom stereocenters. The summed E-state index contributed by atoms with van der Waals surface area (Å²) in [5.41, 5.74) is 0. The Balaban J connectivity index is 1.57. The van der Waals surface area contributed by atoms with Gasteiger partial charge >= 0.3 is 0 Å². The lowest BCUT2D eigenvalue weighted by molar-refractivity contribution is 0.00167. The molecule has 100 valence electrons. The second-order valence-corrected chi connectivity index (χ2v) is 5.14. The summed E-state index contributed by atoms with van der Waals surface area (Å²) in [6.07, 6.45) is 5.16. The van der Waals surface area contributed by atoms with Crippen LogP contribution >= 0.6 is 0 Å². The van der Waals surface area contributed by atoms with Crippen LogP contribution in [0.25, 0.3) is 0 Å². The Morgan fingerprint density at radius 3 is 2.59 bits per heavy atom. The Morgan fingerprint density at radius 1 is 1.18 bits per heavy atom. The number of ether oxygens (including phenoxy) is 2. The topological polar surface area (TPSA) is 33.7 Å². The average molecular weight is 242 g/mol. The Labute approximate surface area is 105 Å². The van der Waals surface area contributed by atoms with Gasteiger partial charge in [-0.25, -0.2) is 0 Å². The van der Waals surface area contributed by atoms with Gasteiger partial charge in [0.1, 0.15) is 0 Å². The van der Waals surface area contributed by atoms with Gasteiger partial charge < -0.3 is 19.7 Å². The van der Waals surface area contributed by atoms with Gasteiger partial charge in [0.05, 0.1) is 12.7 Å². The molecule has 2 rings (SSSR count). The minimum atomic E-state index is 0.485. The third-order valence-electron chi connectivity index (χ3n) is 3.90. The minimum absolute atomic E-state index is 0.485. The summed E-state index contributed by atoms with van der Waals surface area (Å²) in [6.45, 7) is 5.99. The van der Waals surface area contributed by atoms with E-state index in [1.807, 2.05) is 0 Å². The van der Waals surface area contributed by atoms with Crippen LogP contribution in [0.5, 0.6) is 0 Å².